The normalized spacial score (nSPS) is 27.2. The molecule has 0 aliphatic carbocycles. The van der Waals surface area contributed by atoms with Gasteiger partial charge in [-0.3, -0.25) is 14.4 Å². The van der Waals surface area contributed by atoms with E-state index in [-0.39, 0.29) is 25.7 Å². The van der Waals surface area contributed by atoms with E-state index in [1.165, 1.54) is 4.90 Å². The number of ether oxygens (including phenoxy) is 2. The van der Waals surface area contributed by atoms with E-state index in [0.29, 0.717) is 23.9 Å². The molecule has 1 aromatic heterocycles. The maximum atomic E-state index is 14.7. The number of aliphatic hydroxyl groups excluding tert-OH is 1. The second-order valence-electron chi connectivity index (χ2n) is 10.7. The number of carbonyl (C=O) groups excluding carboxylic acids is 3. The van der Waals surface area contributed by atoms with Gasteiger partial charge >= 0.3 is 5.97 Å². The van der Waals surface area contributed by atoms with Crippen LogP contribution in [0.1, 0.15) is 31.4 Å². The van der Waals surface area contributed by atoms with Crippen molar-refractivity contribution in [1.29, 1.82) is 0 Å². The fourth-order valence-corrected chi connectivity index (χ4v) is 6.97. The summed E-state index contributed by atoms with van der Waals surface area (Å²) in [6, 6.07) is 14.6. The maximum absolute atomic E-state index is 14.7. The van der Waals surface area contributed by atoms with E-state index >= 15 is 0 Å². The van der Waals surface area contributed by atoms with Crippen LogP contribution in [0.2, 0.25) is 0 Å². The second kappa shape index (κ2) is 10.7. The Morgan fingerprint density at radius 1 is 1.24 bits per heavy atom. The Labute approximate surface area is 237 Å². The molecular weight excluding hydrogens is 526 g/mol. The highest BCUT2D eigenvalue weighted by molar-refractivity contribution is 5.98. The predicted molar refractivity (Wildman–Crippen MR) is 147 cm³/mol. The molecule has 3 fully saturated rings. The van der Waals surface area contributed by atoms with Crippen LogP contribution < -0.4 is 0 Å². The molecule has 41 heavy (non-hydrogen) atoms. The van der Waals surface area contributed by atoms with Crippen LogP contribution in [0.3, 0.4) is 0 Å². The zero-order valence-electron chi connectivity index (χ0n) is 22.8. The predicted octanol–water partition coefficient (Wildman–Crippen LogP) is 2.07. The zero-order valence-corrected chi connectivity index (χ0v) is 22.8. The zero-order chi connectivity index (χ0) is 28.7. The molecule has 11 heteroatoms. The first-order valence-corrected chi connectivity index (χ1v) is 14.0. The van der Waals surface area contributed by atoms with E-state index in [4.69, 9.17) is 9.47 Å². The van der Waals surface area contributed by atoms with Crippen molar-refractivity contribution in [3.8, 4) is 0 Å². The molecule has 3 aromatic rings. The molecule has 6 rings (SSSR count). The number of amides is 2. The van der Waals surface area contributed by atoms with Crippen molar-refractivity contribution >= 4 is 28.8 Å². The monoisotopic (exact) mass is 559 g/mol. The van der Waals surface area contributed by atoms with Gasteiger partial charge in [-0.25, -0.2) is 4.68 Å². The lowest BCUT2D eigenvalue weighted by Crippen LogP contribution is -2.57. The maximum Gasteiger partial charge on any atom is 0.312 e. The topological polar surface area (TPSA) is 127 Å². The Morgan fingerprint density at radius 2 is 2.00 bits per heavy atom. The molecule has 0 unspecified atom stereocenters. The summed E-state index contributed by atoms with van der Waals surface area (Å²) in [5, 5.41) is 19.1. The van der Waals surface area contributed by atoms with E-state index < -0.39 is 54.1 Å². The first-order valence-electron chi connectivity index (χ1n) is 14.0. The highest BCUT2D eigenvalue weighted by atomic mass is 16.6. The van der Waals surface area contributed by atoms with Crippen molar-refractivity contribution in [2.45, 2.75) is 50.2 Å². The molecule has 2 amide bonds. The Kier molecular flexibility index (Phi) is 7.08. The van der Waals surface area contributed by atoms with E-state index in [2.05, 4.69) is 16.9 Å². The Morgan fingerprint density at radius 3 is 2.73 bits per heavy atom. The van der Waals surface area contributed by atoms with Crippen molar-refractivity contribution in [3.63, 3.8) is 0 Å². The summed E-state index contributed by atoms with van der Waals surface area (Å²) in [5.41, 5.74) is 0.886. The van der Waals surface area contributed by atoms with Gasteiger partial charge in [0.2, 0.25) is 11.8 Å². The van der Waals surface area contributed by atoms with Crippen LogP contribution in [-0.2, 0) is 30.5 Å². The molecule has 3 saturated heterocycles. The van der Waals surface area contributed by atoms with E-state index in [9.17, 15) is 19.5 Å². The van der Waals surface area contributed by atoms with Gasteiger partial charge in [-0.1, -0.05) is 53.8 Å². The molecule has 6 atom stereocenters. The van der Waals surface area contributed by atoms with Gasteiger partial charge in [0.15, 0.2) is 0 Å². The minimum absolute atomic E-state index is 0.0600. The molecule has 4 heterocycles. The molecule has 11 nitrogen and oxygen atoms in total. The third kappa shape index (κ3) is 4.22. The van der Waals surface area contributed by atoms with Gasteiger partial charge in [-0.2, -0.15) is 0 Å². The molecular formula is C30H33N5O6. The van der Waals surface area contributed by atoms with Crippen molar-refractivity contribution in [3.05, 3.63) is 72.8 Å². The number of carbonyl (C=O) groups is 3. The number of aliphatic hydroxyl groups is 1. The molecule has 1 N–H and O–H groups in total. The van der Waals surface area contributed by atoms with Gasteiger partial charge in [-0.05, 0) is 37.5 Å². The summed E-state index contributed by atoms with van der Waals surface area (Å²) in [7, 11) is 0. The summed E-state index contributed by atoms with van der Waals surface area (Å²) >= 11 is 0. The fraction of sp³-hybridized carbons (Fsp3) is 0.433. The largest absolute Gasteiger partial charge is 0.466 e. The number of para-hydroxylation sites is 1. The highest BCUT2D eigenvalue weighted by Crippen LogP contribution is 2.60. The van der Waals surface area contributed by atoms with Gasteiger partial charge < -0.3 is 24.4 Å². The van der Waals surface area contributed by atoms with Crippen molar-refractivity contribution in [1.82, 2.24) is 24.8 Å². The smallest absolute Gasteiger partial charge is 0.312 e. The molecule has 0 saturated carbocycles. The van der Waals surface area contributed by atoms with E-state index in [0.717, 1.165) is 5.52 Å². The second-order valence-corrected chi connectivity index (χ2v) is 10.7. The summed E-state index contributed by atoms with van der Waals surface area (Å²) < 4.78 is 13.5. The van der Waals surface area contributed by atoms with Gasteiger partial charge in [0.05, 0.1) is 42.7 Å². The quantitative estimate of drug-likeness (QED) is 0.296. The van der Waals surface area contributed by atoms with Crippen LogP contribution in [-0.4, -0.2) is 85.2 Å². The van der Waals surface area contributed by atoms with Crippen LogP contribution in [0.4, 0.5) is 0 Å². The van der Waals surface area contributed by atoms with E-state index in [1.54, 1.807) is 22.6 Å². The number of benzene rings is 2. The number of fused-ring (bicyclic) bond motifs is 2. The van der Waals surface area contributed by atoms with Crippen LogP contribution in [0, 0.1) is 11.8 Å². The number of nitrogens with zero attached hydrogens (tertiary/aromatic N) is 5. The lowest BCUT2D eigenvalue weighted by atomic mass is 9.70. The number of rotatable bonds is 10. The molecule has 3 aliphatic rings. The van der Waals surface area contributed by atoms with Crippen molar-refractivity contribution in [2.24, 2.45) is 11.8 Å². The van der Waals surface area contributed by atoms with Gasteiger partial charge in [0.25, 0.3) is 0 Å². The summed E-state index contributed by atoms with van der Waals surface area (Å²) in [6.07, 6.45) is 2.05. The SMILES string of the molecule is C=CCN(Cn1nnc2ccccc21)C(=O)[C@H]1N([C@H](CO)c2ccccc2)C(=O)[C@@H]2[C@@H](C(=O)OCC)[C@H]3CC[C@]21O3. The average Bonchev–Trinajstić information content (AvgIpc) is 3.74. The third-order valence-corrected chi connectivity index (χ3v) is 8.61. The third-order valence-electron chi connectivity index (χ3n) is 8.61. The fourth-order valence-electron chi connectivity index (χ4n) is 6.97. The summed E-state index contributed by atoms with van der Waals surface area (Å²) in [5.74, 6) is -2.98. The number of aromatic nitrogens is 3. The lowest BCUT2D eigenvalue weighted by molar-refractivity contribution is -0.156. The van der Waals surface area contributed by atoms with Gasteiger partial charge in [0.1, 0.15) is 23.8 Å². The standard InChI is InChI=1S/C30H33N5O6/c1-3-16-33(18-34-21-13-9-8-12-20(21)31-32-34)28(38)26-30-15-14-23(41-30)24(29(39)40-4-2)25(30)27(37)35(26)22(17-36)19-10-6-5-7-11-19/h3,5-13,22-26,36H,1,4,14-18H2,2H3/t22-,23-,24+,25+,26-,30+/m1/s1. The first kappa shape index (κ1) is 27.1. The summed E-state index contributed by atoms with van der Waals surface area (Å²) in [4.78, 5) is 45.2. The number of hydrogen-bond acceptors (Lipinski definition) is 8. The lowest BCUT2D eigenvalue weighted by Gasteiger charge is -2.39. The molecule has 2 aromatic carbocycles. The Balaban J connectivity index is 1.44. The molecule has 3 aliphatic heterocycles. The van der Waals surface area contributed by atoms with Crippen LogP contribution >= 0.6 is 0 Å². The molecule has 2 bridgehead atoms. The number of hydrogen-bond donors (Lipinski definition) is 1. The summed E-state index contributed by atoms with van der Waals surface area (Å²) in [6.45, 7) is 5.56. The number of esters is 1. The molecule has 1 spiro atoms. The number of likely N-dealkylation sites (tertiary alicyclic amines) is 1. The molecule has 0 radical (unpaired) electrons. The molecule has 214 valence electrons. The van der Waals surface area contributed by atoms with Crippen LogP contribution in [0.5, 0.6) is 0 Å². The van der Waals surface area contributed by atoms with Gasteiger partial charge in [-0.15, -0.1) is 11.7 Å². The minimum Gasteiger partial charge on any atom is -0.466 e. The van der Waals surface area contributed by atoms with Crippen molar-refractivity contribution < 1.29 is 29.0 Å². The van der Waals surface area contributed by atoms with E-state index in [1.807, 2.05) is 54.6 Å². The van der Waals surface area contributed by atoms with Gasteiger partial charge in [0, 0.05) is 6.54 Å². The van der Waals surface area contributed by atoms with Crippen molar-refractivity contribution in [2.75, 3.05) is 19.8 Å². The Bertz CT molecular complexity index is 1480. The van der Waals surface area contributed by atoms with Crippen LogP contribution in [0.15, 0.2) is 67.3 Å². The highest BCUT2D eigenvalue weighted by Gasteiger charge is 2.75. The van der Waals surface area contributed by atoms with Crippen LogP contribution in [0.25, 0.3) is 11.0 Å². The average molecular weight is 560 g/mol. The Hall–Kier alpha value is -4.09. The minimum atomic E-state index is -1.23. The first-order chi connectivity index (χ1) is 19.9.